The molecule has 0 radical (unpaired) electrons. The minimum absolute atomic E-state index is 0.0291. The third kappa shape index (κ3) is 4.40. The molecule has 0 fully saturated rings. The summed E-state index contributed by atoms with van der Waals surface area (Å²) in [5, 5.41) is 3.04. The van der Waals surface area contributed by atoms with E-state index in [0.717, 1.165) is 0 Å². The van der Waals surface area contributed by atoms with Crippen LogP contribution in [0.2, 0.25) is 0 Å². The van der Waals surface area contributed by atoms with Gasteiger partial charge in [0.2, 0.25) is 0 Å². The maximum atomic E-state index is 13.0. The van der Waals surface area contributed by atoms with Gasteiger partial charge in [0, 0.05) is 17.8 Å². The molecule has 5 nitrogen and oxygen atoms in total. The average molecular weight is 394 g/mol. The molecule has 0 bridgehead atoms. The highest BCUT2D eigenvalue weighted by atomic mass is 32.2. The van der Waals surface area contributed by atoms with Crippen molar-refractivity contribution in [2.45, 2.75) is 11.8 Å². The molecule has 0 aliphatic carbocycles. The molecule has 6 heteroatoms. The van der Waals surface area contributed by atoms with Crippen molar-refractivity contribution in [2.24, 2.45) is 0 Å². The number of anilines is 2. The van der Waals surface area contributed by atoms with Crippen LogP contribution in [-0.2, 0) is 10.0 Å². The Kier molecular flexibility index (Phi) is 6.11. The van der Waals surface area contributed by atoms with Crippen molar-refractivity contribution in [1.29, 1.82) is 0 Å². The molecule has 3 rings (SSSR count). The molecule has 28 heavy (non-hydrogen) atoms. The molecule has 0 amide bonds. The van der Waals surface area contributed by atoms with Crippen molar-refractivity contribution in [3.05, 3.63) is 90.5 Å². The van der Waals surface area contributed by atoms with Crippen molar-refractivity contribution >= 4 is 27.2 Å². The Morgan fingerprint density at radius 1 is 0.857 bits per heavy atom. The fourth-order valence-corrected chi connectivity index (χ4v) is 4.34. The van der Waals surface area contributed by atoms with Gasteiger partial charge in [-0.2, -0.15) is 0 Å². The van der Waals surface area contributed by atoms with Gasteiger partial charge in [0.25, 0.3) is 10.0 Å². The lowest BCUT2D eigenvalue weighted by Gasteiger charge is -2.23. The van der Waals surface area contributed by atoms with Crippen molar-refractivity contribution in [3.8, 4) is 0 Å². The molecule has 0 unspecified atom stereocenters. The Bertz CT molecular complexity index is 1020. The first kappa shape index (κ1) is 19.6. The number of hydrogen-bond acceptors (Lipinski definition) is 4. The van der Waals surface area contributed by atoms with E-state index in [2.05, 4.69) is 5.32 Å². The zero-order valence-corrected chi connectivity index (χ0v) is 16.4. The van der Waals surface area contributed by atoms with E-state index in [4.69, 9.17) is 0 Å². The monoisotopic (exact) mass is 394 g/mol. The number of carbonyl (C=O) groups excluding carboxylic acids is 1. The first-order chi connectivity index (χ1) is 13.5. The summed E-state index contributed by atoms with van der Waals surface area (Å²) in [7, 11) is -3.66. The highest BCUT2D eigenvalue weighted by Gasteiger charge is 2.23. The lowest BCUT2D eigenvalue weighted by molar-refractivity contribution is 0.101. The van der Waals surface area contributed by atoms with Crippen LogP contribution in [0.1, 0.15) is 17.3 Å². The van der Waals surface area contributed by atoms with Crippen molar-refractivity contribution in [1.82, 2.24) is 0 Å². The summed E-state index contributed by atoms with van der Waals surface area (Å²) >= 11 is 0. The molecule has 0 aromatic heterocycles. The molecule has 3 aromatic carbocycles. The molecular formula is C22H22N2O3S. The van der Waals surface area contributed by atoms with Crippen molar-refractivity contribution < 1.29 is 13.2 Å². The molecule has 3 aromatic rings. The lowest BCUT2D eigenvalue weighted by atomic mass is 10.1. The number of nitrogens with zero attached hydrogens (tertiary/aromatic N) is 1. The van der Waals surface area contributed by atoms with Crippen molar-refractivity contribution in [3.63, 3.8) is 0 Å². The second kappa shape index (κ2) is 8.71. The van der Waals surface area contributed by atoms with Gasteiger partial charge in [0.1, 0.15) is 0 Å². The molecular weight excluding hydrogens is 372 g/mol. The number of ketones is 1. The molecule has 0 aliphatic rings. The van der Waals surface area contributed by atoms with Gasteiger partial charge in [-0.05, 0) is 43.3 Å². The van der Waals surface area contributed by atoms with E-state index in [1.54, 1.807) is 55.5 Å². The van der Waals surface area contributed by atoms with Crippen LogP contribution < -0.4 is 9.62 Å². The first-order valence-electron chi connectivity index (χ1n) is 9.02. The van der Waals surface area contributed by atoms with Crippen LogP contribution >= 0.6 is 0 Å². The van der Waals surface area contributed by atoms with E-state index in [0.29, 0.717) is 23.5 Å². The SMILES string of the molecule is CCN(c1ccccc1)S(=O)(=O)c1ccc(NCC(=O)c2ccccc2)cc1. The van der Waals surface area contributed by atoms with Crippen LogP contribution in [0.15, 0.2) is 89.8 Å². The summed E-state index contributed by atoms with van der Waals surface area (Å²) in [5.41, 5.74) is 1.95. The summed E-state index contributed by atoms with van der Waals surface area (Å²) in [6.07, 6.45) is 0. The van der Waals surface area contributed by atoms with Crippen LogP contribution in [0.3, 0.4) is 0 Å². The number of carbonyl (C=O) groups is 1. The van der Waals surface area contributed by atoms with Gasteiger partial charge >= 0.3 is 0 Å². The quantitative estimate of drug-likeness (QED) is 0.582. The van der Waals surface area contributed by atoms with Gasteiger partial charge in [0.05, 0.1) is 17.1 Å². The Morgan fingerprint density at radius 2 is 1.43 bits per heavy atom. The Labute approximate surface area is 165 Å². The standard InChI is InChI=1S/C22H22N2O3S/c1-2-24(20-11-7-4-8-12-20)28(26,27)21-15-13-19(14-16-21)23-17-22(25)18-9-5-3-6-10-18/h3-16,23H,2,17H2,1H3. The fourth-order valence-electron chi connectivity index (χ4n) is 2.87. The third-order valence-corrected chi connectivity index (χ3v) is 6.24. The summed E-state index contributed by atoms with van der Waals surface area (Å²) in [5.74, 6) is -0.0291. The number of para-hydroxylation sites is 1. The molecule has 0 atom stereocenters. The maximum Gasteiger partial charge on any atom is 0.264 e. The van der Waals surface area contributed by atoms with Gasteiger partial charge in [-0.3, -0.25) is 9.10 Å². The van der Waals surface area contributed by atoms with Crippen LogP contribution in [0.25, 0.3) is 0 Å². The fraction of sp³-hybridized carbons (Fsp3) is 0.136. The van der Waals surface area contributed by atoms with Crippen LogP contribution in [0.4, 0.5) is 11.4 Å². The summed E-state index contributed by atoms with van der Waals surface area (Å²) < 4.78 is 27.3. The predicted octanol–water partition coefficient (Wildman–Crippen LogP) is 4.20. The zero-order chi connectivity index (χ0) is 20.0. The maximum absolute atomic E-state index is 13.0. The molecule has 0 saturated carbocycles. The zero-order valence-electron chi connectivity index (χ0n) is 15.6. The molecule has 0 aliphatic heterocycles. The minimum Gasteiger partial charge on any atom is -0.378 e. The van der Waals surface area contributed by atoms with Gasteiger partial charge in [-0.1, -0.05) is 48.5 Å². The Hall–Kier alpha value is -3.12. The summed E-state index contributed by atoms with van der Waals surface area (Å²) in [4.78, 5) is 12.4. The van der Waals surface area contributed by atoms with Gasteiger partial charge in [-0.15, -0.1) is 0 Å². The van der Waals surface area contributed by atoms with Crippen LogP contribution in [0, 0.1) is 0 Å². The van der Waals surface area contributed by atoms with Gasteiger partial charge in [-0.25, -0.2) is 8.42 Å². The topological polar surface area (TPSA) is 66.5 Å². The molecule has 144 valence electrons. The number of hydrogen-bond donors (Lipinski definition) is 1. The third-order valence-electron chi connectivity index (χ3n) is 4.32. The summed E-state index contributed by atoms with van der Waals surface area (Å²) in [6, 6.07) is 24.5. The number of rotatable bonds is 8. The second-order valence-corrected chi connectivity index (χ2v) is 8.03. The molecule has 0 saturated heterocycles. The smallest absolute Gasteiger partial charge is 0.264 e. The first-order valence-corrected chi connectivity index (χ1v) is 10.5. The normalized spacial score (nSPS) is 11.0. The van der Waals surface area contributed by atoms with E-state index >= 15 is 0 Å². The van der Waals surface area contributed by atoms with Crippen LogP contribution in [-0.4, -0.2) is 27.3 Å². The number of nitrogens with one attached hydrogen (secondary N) is 1. The van der Waals surface area contributed by atoms with E-state index in [1.165, 1.54) is 4.31 Å². The molecule has 0 heterocycles. The number of sulfonamides is 1. The van der Waals surface area contributed by atoms with Crippen LogP contribution in [0.5, 0.6) is 0 Å². The van der Waals surface area contributed by atoms with E-state index in [9.17, 15) is 13.2 Å². The van der Waals surface area contributed by atoms with Crippen molar-refractivity contribution in [2.75, 3.05) is 22.7 Å². The second-order valence-electron chi connectivity index (χ2n) is 6.17. The minimum atomic E-state index is -3.66. The van der Waals surface area contributed by atoms with Gasteiger partial charge in [0.15, 0.2) is 5.78 Å². The highest BCUT2D eigenvalue weighted by molar-refractivity contribution is 7.92. The number of benzene rings is 3. The molecule has 1 N–H and O–H groups in total. The van der Waals surface area contributed by atoms with Gasteiger partial charge < -0.3 is 5.32 Å². The van der Waals surface area contributed by atoms with E-state index < -0.39 is 10.0 Å². The van der Waals surface area contributed by atoms with E-state index in [-0.39, 0.29) is 17.2 Å². The summed E-state index contributed by atoms with van der Waals surface area (Å²) in [6.45, 7) is 2.27. The Balaban J connectivity index is 1.72. The van der Waals surface area contributed by atoms with E-state index in [1.807, 2.05) is 36.4 Å². The average Bonchev–Trinajstić information content (AvgIpc) is 2.74. The predicted molar refractivity (Wildman–Crippen MR) is 112 cm³/mol. The number of Topliss-reactive ketones (excluding diaryl/α,β-unsaturated/α-hetero) is 1. The lowest BCUT2D eigenvalue weighted by Crippen LogP contribution is -2.30. The molecule has 0 spiro atoms. The highest BCUT2D eigenvalue weighted by Crippen LogP contribution is 2.24. The Morgan fingerprint density at radius 3 is 2.00 bits per heavy atom. The largest absolute Gasteiger partial charge is 0.378 e.